The van der Waals surface area contributed by atoms with E-state index in [1.807, 2.05) is 0 Å². The van der Waals surface area contributed by atoms with Gasteiger partial charge in [-0.25, -0.2) is 14.2 Å². The Hall–Kier alpha value is -2.17. The number of carbonyl (C=O) groups is 1. The summed E-state index contributed by atoms with van der Waals surface area (Å²) >= 11 is 0. The zero-order valence-corrected chi connectivity index (χ0v) is 9.45. The van der Waals surface area contributed by atoms with Gasteiger partial charge in [0.15, 0.2) is 5.69 Å². The monoisotopic (exact) mass is 234 g/mol. The molecule has 0 saturated carbocycles. The maximum atomic E-state index is 13.5. The second kappa shape index (κ2) is 4.37. The van der Waals surface area contributed by atoms with Crippen molar-refractivity contribution in [2.75, 3.05) is 7.11 Å². The van der Waals surface area contributed by atoms with Gasteiger partial charge in [0, 0.05) is 5.69 Å². The van der Waals surface area contributed by atoms with Gasteiger partial charge in [-0.1, -0.05) is 12.1 Å². The van der Waals surface area contributed by atoms with Crippen LogP contribution in [-0.2, 0) is 4.74 Å². The van der Waals surface area contributed by atoms with E-state index in [-0.39, 0.29) is 5.69 Å². The van der Waals surface area contributed by atoms with Crippen molar-refractivity contribution in [2.24, 2.45) is 0 Å². The zero-order valence-electron chi connectivity index (χ0n) is 9.45. The van der Waals surface area contributed by atoms with Gasteiger partial charge in [-0.2, -0.15) is 0 Å². The van der Waals surface area contributed by atoms with Crippen LogP contribution in [-0.4, -0.2) is 23.0 Å². The van der Waals surface area contributed by atoms with E-state index in [1.54, 1.807) is 25.1 Å². The molecule has 1 N–H and O–H groups in total. The van der Waals surface area contributed by atoms with E-state index in [0.717, 1.165) is 0 Å². The summed E-state index contributed by atoms with van der Waals surface area (Å²) in [6, 6.07) is 6.23. The molecule has 1 heterocycles. The fourth-order valence-electron chi connectivity index (χ4n) is 1.54. The number of carbonyl (C=O) groups excluding carboxylic acids is 1. The molecule has 2 aromatic rings. The predicted octanol–water partition coefficient (Wildman–Crippen LogP) is 2.31. The van der Waals surface area contributed by atoms with Gasteiger partial charge in [-0.05, 0) is 19.1 Å². The smallest absolute Gasteiger partial charge is 0.358 e. The van der Waals surface area contributed by atoms with Crippen molar-refractivity contribution >= 4 is 5.97 Å². The quantitative estimate of drug-likeness (QED) is 0.811. The summed E-state index contributed by atoms with van der Waals surface area (Å²) in [5.41, 5.74) is 1.05. The molecule has 4 nitrogen and oxygen atoms in total. The van der Waals surface area contributed by atoms with Crippen LogP contribution < -0.4 is 0 Å². The molecule has 2 rings (SSSR count). The lowest BCUT2D eigenvalue weighted by molar-refractivity contribution is 0.0594. The highest BCUT2D eigenvalue weighted by atomic mass is 19.1. The number of ether oxygens (including phenoxy) is 1. The molecule has 1 aromatic heterocycles. The molecule has 0 aliphatic rings. The second-order valence-corrected chi connectivity index (χ2v) is 3.53. The van der Waals surface area contributed by atoms with E-state index in [1.165, 1.54) is 13.2 Å². The number of halogens is 1. The lowest BCUT2D eigenvalue weighted by Crippen LogP contribution is -2.03. The highest BCUT2D eigenvalue weighted by Crippen LogP contribution is 2.21. The Balaban J connectivity index is 2.49. The molecular formula is C12H11FN2O2. The molecule has 0 saturated heterocycles. The first-order valence-electron chi connectivity index (χ1n) is 5.03. The van der Waals surface area contributed by atoms with E-state index in [9.17, 15) is 9.18 Å². The number of hydrogen-bond acceptors (Lipinski definition) is 3. The number of aromatic nitrogens is 2. The fourth-order valence-corrected chi connectivity index (χ4v) is 1.54. The second-order valence-electron chi connectivity index (χ2n) is 3.53. The van der Waals surface area contributed by atoms with Crippen LogP contribution in [0.25, 0.3) is 11.4 Å². The van der Waals surface area contributed by atoms with Gasteiger partial charge in [-0.3, -0.25) is 0 Å². The van der Waals surface area contributed by atoms with Crippen LogP contribution in [0.3, 0.4) is 0 Å². The highest BCUT2D eigenvalue weighted by Gasteiger charge is 2.17. The molecule has 0 atom stereocenters. The molecule has 0 aliphatic carbocycles. The summed E-state index contributed by atoms with van der Waals surface area (Å²) in [7, 11) is 1.28. The largest absolute Gasteiger partial charge is 0.464 e. The Morgan fingerprint density at radius 1 is 1.41 bits per heavy atom. The Labute approximate surface area is 97.5 Å². The molecule has 17 heavy (non-hydrogen) atoms. The van der Waals surface area contributed by atoms with E-state index in [0.29, 0.717) is 17.1 Å². The standard InChI is InChI=1S/C12H11FN2O2/c1-7-10(12(16)17-2)15-11(14-7)8-5-3-4-6-9(8)13/h3-6H,1-2H3,(H,14,15). The van der Waals surface area contributed by atoms with Crippen molar-refractivity contribution in [2.45, 2.75) is 6.92 Å². The normalized spacial score (nSPS) is 10.3. The van der Waals surface area contributed by atoms with E-state index in [2.05, 4.69) is 14.7 Å². The molecule has 0 bridgehead atoms. The minimum atomic E-state index is -0.540. The summed E-state index contributed by atoms with van der Waals surface area (Å²) in [5.74, 6) is -0.611. The lowest BCUT2D eigenvalue weighted by atomic mass is 10.2. The SMILES string of the molecule is COC(=O)c1nc(-c2ccccc2F)[nH]c1C. The molecule has 0 spiro atoms. The Morgan fingerprint density at radius 3 is 2.76 bits per heavy atom. The van der Waals surface area contributed by atoms with Gasteiger partial charge < -0.3 is 9.72 Å². The number of rotatable bonds is 2. The molecular weight excluding hydrogens is 223 g/mol. The van der Waals surface area contributed by atoms with E-state index in [4.69, 9.17) is 0 Å². The number of H-pyrrole nitrogens is 1. The van der Waals surface area contributed by atoms with Crippen molar-refractivity contribution in [1.29, 1.82) is 0 Å². The summed E-state index contributed by atoms with van der Waals surface area (Å²) in [4.78, 5) is 18.3. The number of imidazole rings is 1. The summed E-state index contributed by atoms with van der Waals surface area (Å²) in [6.45, 7) is 1.68. The van der Waals surface area contributed by atoms with Crippen molar-refractivity contribution in [3.05, 3.63) is 41.5 Å². The van der Waals surface area contributed by atoms with Gasteiger partial charge in [0.1, 0.15) is 11.6 Å². The first kappa shape index (κ1) is 11.3. The minimum absolute atomic E-state index is 0.172. The van der Waals surface area contributed by atoms with Crippen molar-refractivity contribution < 1.29 is 13.9 Å². The average molecular weight is 234 g/mol. The molecule has 1 aromatic carbocycles. The van der Waals surface area contributed by atoms with Gasteiger partial charge in [-0.15, -0.1) is 0 Å². The average Bonchev–Trinajstić information content (AvgIpc) is 2.71. The first-order chi connectivity index (χ1) is 8.13. The van der Waals surface area contributed by atoms with Crippen LogP contribution in [0.1, 0.15) is 16.2 Å². The van der Waals surface area contributed by atoms with Gasteiger partial charge in [0.25, 0.3) is 0 Å². The number of benzene rings is 1. The highest BCUT2D eigenvalue weighted by molar-refractivity contribution is 5.89. The molecule has 0 amide bonds. The summed E-state index contributed by atoms with van der Waals surface area (Å²) in [5, 5.41) is 0. The van der Waals surface area contributed by atoms with Crippen LogP contribution >= 0.6 is 0 Å². The van der Waals surface area contributed by atoms with Gasteiger partial charge in [0.2, 0.25) is 0 Å². The molecule has 88 valence electrons. The summed E-state index contributed by atoms with van der Waals surface area (Å²) < 4.78 is 18.1. The number of hydrogen-bond donors (Lipinski definition) is 1. The van der Waals surface area contributed by atoms with Gasteiger partial charge >= 0.3 is 5.97 Å². The Kier molecular flexibility index (Phi) is 2.91. The van der Waals surface area contributed by atoms with Crippen LogP contribution in [0.15, 0.2) is 24.3 Å². The van der Waals surface area contributed by atoms with Crippen LogP contribution in [0.2, 0.25) is 0 Å². The molecule has 0 aliphatic heterocycles. The zero-order chi connectivity index (χ0) is 12.4. The number of methoxy groups -OCH3 is 1. The molecule has 0 unspecified atom stereocenters. The number of nitrogens with one attached hydrogen (secondary N) is 1. The maximum Gasteiger partial charge on any atom is 0.358 e. The minimum Gasteiger partial charge on any atom is -0.464 e. The predicted molar refractivity (Wildman–Crippen MR) is 60.1 cm³/mol. The number of aromatic amines is 1. The lowest BCUT2D eigenvalue weighted by Gasteiger charge is -1.97. The topological polar surface area (TPSA) is 55.0 Å². The molecule has 5 heteroatoms. The third-order valence-electron chi connectivity index (χ3n) is 2.39. The first-order valence-corrected chi connectivity index (χ1v) is 5.03. The van der Waals surface area contributed by atoms with Crippen LogP contribution in [0.4, 0.5) is 4.39 Å². The van der Waals surface area contributed by atoms with Crippen LogP contribution in [0.5, 0.6) is 0 Å². The van der Waals surface area contributed by atoms with Crippen molar-refractivity contribution in [1.82, 2.24) is 9.97 Å². The van der Waals surface area contributed by atoms with Crippen molar-refractivity contribution in [3.8, 4) is 11.4 Å². The molecule has 0 radical (unpaired) electrons. The van der Waals surface area contributed by atoms with Crippen LogP contribution in [0, 0.1) is 12.7 Å². The number of aryl methyl sites for hydroxylation is 1. The van der Waals surface area contributed by atoms with Crippen molar-refractivity contribution in [3.63, 3.8) is 0 Å². The van der Waals surface area contributed by atoms with E-state index >= 15 is 0 Å². The van der Waals surface area contributed by atoms with Gasteiger partial charge in [0.05, 0.1) is 12.7 Å². The third kappa shape index (κ3) is 2.04. The number of nitrogens with zero attached hydrogens (tertiary/aromatic N) is 1. The Bertz CT molecular complexity index is 563. The third-order valence-corrected chi connectivity index (χ3v) is 2.39. The summed E-state index contributed by atoms with van der Waals surface area (Å²) in [6.07, 6.45) is 0. The van der Waals surface area contributed by atoms with E-state index < -0.39 is 11.8 Å². The Morgan fingerprint density at radius 2 is 2.12 bits per heavy atom. The fraction of sp³-hybridized carbons (Fsp3) is 0.167. The molecule has 0 fully saturated rings. The maximum absolute atomic E-state index is 13.5. The number of esters is 1.